The molecule has 0 heterocycles. The summed E-state index contributed by atoms with van der Waals surface area (Å²) in [6, 6.07) is 3.31. The molecule has 0 saturated heterocycles. The minimum absolute atomic E-state index is 0.0905. The van der Waals surface area contributed by atoms with Gasteiger partial charge >= 0.3 is 12.1 Å². The summed E-state index contributed by atoms with van der Waals surface area (Å²) in [4.78, 5) is 10.5. The predicted octanol–water partition coefficient (Wildman–Crippen LogP) is 2.97. The normalized spacial score (nSPS) is 11.0. The second-order valence-corrected chi connectivity index (χ2v) is 4.02. The summed E-state index contributed by atoms with van der Waals surface area (Å²) in [6.07, 6.45) is -5.22. The van der Waals surface area contributed by atoms with Crippen LogP contribution in [0, 0.1) is 11.3 Å². The van der Waals surface area contributed by atoms with Crippen LogP contribution >= 0.6 is 15.9 Å². The van der Waals surface area contributed by atoms with Gasteiger partial charge in [0, 0.05) is 4.47 Å². The third-order valence-corrected chi connectivity index (χ3v) is 2.62. The van der Waals surface area contributed by atoms with Gasteiger partial charge in [-0.1, -0.05) is 15.9 Å². The van der Waals surface area contributed by atoms with E-state index in [1.165, 1.54) is 0 Å². The van der Waals surface area contributed by atoms with Crippen LogP contribution in [0.1, 0.15) is 16.7 Å². The lowest BCUT2D eigenvalue weighted by Crippen LogP contribution is -2.10. The maximum atomic E-state index is 12.5. The summed E-state index contributed by atoms with van der Waals surface area (Å²) in [5.74, 6) is -1.29. The van der Waals surface area contributed by atoms with E-state index >= 15 is 0 Å². The van der Waals surface area contributed by atoms with Gasteiger partial charge in [-0.2, -0.15) is 18.4 Å². The van der Waals surface area contributed by atoms with Crippen LogP contribution in [0.5, 0.6) is 0 Å². The molecule has 17 heavy (non-hydrogen) atoms. The van der Waals surface area contributed by atoms with Crippen molar-refractivity contribution in [2.75, 3.05) is 0 Å². The topological polar surface area (TPSA) is 61.1 Å². The van der Waals surface area contributed by atoms with Crippen molar-refractivity contribution in [3.63, 3.8) is 0 Å². The molecule has 0 saturated carbocycles. The number of carbonyl (C=O) groups is 1. The zero-order valence-corrected chi connectivity index (χ0v) is 9.76. The maximum absolute atomic E-state index is 12.5. The molecule has 3 nitrogen and oxygen atoms in total. The lowest BCUT2D eigenvalue weighted by Gasteiger charge is -2.11. The van der Waals surface area contributed by atoms with Crippen LogP contribution in [0.25, 0.3) is 0 Å². The molecule has 0 fully saturated rings. The van der Waals surface area contributed by atoms with E-state index in [4.69, 9.17) is 10.4 Å². The molecule has 1 aromatic rings. The second kappa shape index (κ2) is 4.75. The molecule has 1 rings (SSSR count). The quantitative estimate of drug-likeness (QED) is 0.913. The molecule has 1 N–H and O–H groups in total. The van der Waals surface area contributed by atoms with Crippen molar-refractivity contribution in [2.45, 2.75) is 12.6 Å². The highest BCUT2D eigenvalue weighted by Crippen LogP contribution is 2.36. The number of nitrogens with zero attached hydrogens (tertiary/aromatic N) is 1. The Kier molecular flexibility index (Phi) is 3.78. The van der Waals surface area contributed by atoms with Gasteiger partial charge in [0.2, 0.25) is 0 Å². The number of hydrogen-bond acceptors (Lipinski definition) is 2. The lowest BCUT2D eigenvalue weighted by atomic mass is 10.0. The van der Waals surface area contributed by atoms with E-state index in [0.29, 0.717) is 6.07 Å². The van der Waals surface area contributed by atoms with Gasteiger partial charge in [0.15, 0.2) is 0 Å². The Morgan fingerprint density at radius 3 is 2.47 bits per heavy atom. The number of nitriles is 1. The van der Waals surface area contributed by atoms with Gasteiger partial charge in [0.1, 0.15) is 0 Å². The fourth-order valence-corrected chi connectivity index (χ4v) is 1.82. The molecule has 90 valence electrons. The van der Waals surface area contributed by atoms with Crippen LogP contribution in [0.2, 0.25) is 0 Å². The summed E-state index contributed by atoms with van der Waals surface area (Å²) < 4.78 is 37.3. The van der Waals surface area contributed by atoms with E-state index in [1.807, 2.05) is 0 Å². The first-order valence-electron chi connectivity index (χ1n) is 4.27. The molecule has 0 radical (unpaired) electrons. The molecular formula is C10H5BrF3NO2. The Morgan fingerprint density at radius 1 is 1.47 bits per heavy atom. The van der Waals surface area contributed by atoms with Crippen molar-refractivity contribution in [1.82, 2.24) is 0 Å². The highest BCUT2D eigenvalue weighted by Gasteiger charge is 2.34. The van der Waals surface area contributed by atoms with Gasteiger partial charge in [0.05, 0.1) is 23.6 Å². The Morgan fingerprint density at radius 2 is 2.06 bits per heavy atom. The third-order valence-electron chi connectivity index (χ3n) is 1.96. The largest absolute Gasteiger partial charge is 0.481 e. The zero-order valence-electron chi connectivity index (χ0n) is 8.18. The second-order valence-electron chi connectivity index (χ2n) is 3.17. The van der Waals surface area contributed by atoms with Crippen LogP contribution in [-0.4, -0.2) is 11.1 Å². The van der Waals surface area contributed by atoms with E-state index < -0.39 is 24.1 Å². The molecule has 1 aromatic carbocycles. The number of rotatable bonds is 2. The summed E-state index contributed by atoms with van der Waals surface area (Å²) in [5.41, 5.74) is -1.24. The van der Waals surface area contributed by atoms with Crippen molar-refractivity contribution in [3.8, 4) is 6.07 Å². The molecule has 0 bridgehead atoms. The number of halogens is 4. The Hall–Kier alpha value is -1.55. The average Bonchev–Trinajstić information content (AvgIpc) is 2.17. The van der Waals surface area contributed by atoms with Crippen LogP contribution < -0.4 is 0 Å². The van der Waals surface area contributed by atoms with Gasteiger partial charge in [-0.05, 0) is 17.7 Å². The van der Waals surface area contributed by atoms with Crippen LogP contribution in [0.4, 0.5) is 13.2 Å². The molecule has 0 aliphatic rings. The summed E-state index contributed by atoms with van der Waals surface area (Å²) >= 11 is 2.71. The third kappa shape index (κ3) is 3.20. The fraction of sp³-hybridized carbons (Fsp3) is 0.200. The lowest BCUT2D eigenvalue weighted by molar-refractivity contribution is -0.139. The molecule has 0 aromatic heterocycles. The number of aliphatic carboxylic acids is 1. The smallest absolute Gasteiger partial charge is 0.417 e. The first kappa shape index (κ1) is 13.5. The standard InChI is InChI=1S/C10H5BrF3NO2/c11-8-2-6(4-15)5(3-9(16)17)1-7(8)10(12,13)14/h1-2H,3H2,(H,16,17). The molecule has 0 unspecified atom stereocenters. The summed E-state index contributed by atoms with van der Waals surface area (Å²) in [7, 11) is 0. The van der Waals surface area contributed by atoms with Crippen LogP contribution in [-0.2, 0) is 17.4 Å². The van der Waals surface area contributed by atoms with Gasteiger partial charge in [-0.15, -0.1) is 0 Å². The van der Waals surface area contributed by atoms with E-state index in [1.54, 1.807) is 6.07 Å². The number of benzene rings is 1. The van der Waals surface area contributed by atoms with Gasteiger partial charge in [-0.25, -0.2) is 0 Å². The minimum Gasteiger partial charge on any atom is -0.481 e. The van der Waals surface area contributed by atoms with Gasteiger partial charge < -0.3 is 5.11 Å². The predicted molar refractivity (Wildman–Crippen MR) is 55.2 cm³/mol. The monoisotopic (exact) mass is 307 g/mol. The summed E-state index contributed by atoms with van der Waals surface area (Å²) in [5, 5.41) is 17.3. The molecule has 0 atom stereocenters. The molecule has 0 amide bonds. The SMILES string of the molecule is N#Cc1cc(Br)c(C(F)(F)F)cc1CC(=O)O. The van der Waals surface area contributed by atoms with Crippen molar-refractivity contribution < 1.29 is 23.1 Å². The number of carboxylic acid groups (broad SMARTS) is 1. The van der Waals surface area contributed by atoms with E-state index in [9.17, 15) is 18.0 Å². The molecule has 7 heteroatoms. The van der Waals surface area contributed by atoms with E-state index in [-0.39, 0.29) is 15.6 Å². The highest BCUT2D eigenvalue weighted by molar-refractivity contribution is 9.10. The minimum atomic E-state index is -4.60. The van der Waals surface area contributed by atoms with Crippen molar-refractivity contribution in [3.05, 3.63) is 33.3 Å². The number of carboxylic acids is 1. The molecule has 0 aliphatic heterocycles. The van der Waals surface area contributed by atoms with E-state index in [0.717, 1.165) is 6.07 Å². The first-order valence-corrected chi connectivity index (χ1v) is 5.06. The number of alkyl halides is 3. The Labute approximate surface area is 103 Å². The summed E-state index contributed by atoms with van der Waals surface area (Å²) in [6.45, 7) is 0. The molecule has 0 aliphatic carbocycles. The van der Waals surface area contributed by atoms with Crippen molar-refractivity contribution in [2.24, 2.45) is 0 Å². The van der Waals surface area contributed by atoms with E-state index in [2.05, 4.69) is 15.9 Å². The Balaban J connectivity index is 3.39. The molecule has 0 spiro atoms. The average molecular weight is 308 g/mol. The van der Waals surface area contributed by atoms with Crippen molar-refractivity contribution >= 4 is 21.9 Å². The zero-order chi connectivity index (χ0) is 13.2. The highest BCUT2D eigenvalue weighted by atomic mass is 79.9. The van der Waals surface area contributed by atoms with Crippen LogP contribution in [0.3, 0.4) is 0 Å². The number of hydrogen-bond donors (Lipinski definition) is 1. The van der Waals surface area contributed by atoms with Crippen LogP contribution in [0.15, 0.2) is 16.6 Å². The van der Waals surface area contributed by atoms with Gasteiger partial charge in [-0.3, -0.25) is 4.79 Å². The first-order chi connectivity index (χ1) is 7.75. The van der Waals surface area contributed by atoms with Crippen molar-refractivity contribution in [1.29, 1.82) is 5.26 Å². The maximum Gasteiger partial charge on any atom is 0.417 e. The van der Waals surface area contributed by atoms with Gasteiger partial charge in [0.25, 0.3) is 0 Å². The Bertz CT molecular complexity index is 505. The molecular weight excluding hydrogens is 303 g/mol. The fourth-order valence-electron chi connectivity index (χ4n) is 1.25.